The summed E-state index contributed by atoms with van der Waals surface area (Å²) in [6.45, 7) is 5.79. The van der Waals surface area contributed by atoms with Crippen molar-refractivity contribution in [3.63, 3.8) is 0 Å². The highest BCUT2D eigenvalue weighted by molar-refractivity contribution is 6.30. The van der Waals surface area contributed by atoms with Gasteiger partial charge < -0.3 is 4.90 Å². The van der Waals surface area contributed by atoms with Crippen molar-refractivity contribution in [3.05, 3.63) is 34.9 Å². The van der Waals surface area contributed by atoms with Crippen LogP contribution in [0, 0.1) is 0 Å². The van der Waals surface area contributed by atoms with E-state index in [1.54, 1.807) is 0 Å². The number of hydrogen-bond donors (Lipinski definition) is 0. The third-order valence-electron chi connectivity index (χ3n) is 2.75. The lowest BCUT2D eigenvalue weighted by atomic mass is 9.92. The summed E-state index contributed by atoms with van der Waals surface area (Å²) < 4.78 is 0. The van der Waals surface area contributed by atoms with Crippen LogP contribution in [0.1, 0.15) is 18.4 Å². The molecule has 0 spiro atoms. The zero-order valence-electron chi connectivity index (χ0n) is 7.83. The molecule has 0 radical (unpaired) electrons. The highest BCUT2D eigenvalue weighted by atomic mass is 35.5. The Morgan fingerprint density at radius 3 is 2.46 bits per heavy atom. The number of rotatable bonds is 2. The molecular weight excluding hydrogens is 182 g/mol. The van der Waals surface area contributed by atoms with Crippen molar-refractivity contribution < 1.29 is 0 Å². The summed E-state index contributed by atoms with van der Waals surface area (Å²) in [5.74, 6) is 0.734. The second-order valence-corrected chi connectivity index (χ2v) is 4.04. The minimum Gasteiger partial charge on any atom is -0.302 e. The third-order valence-corrected chi connectivity index (χ3v) is 3.00. The van der Waals surface area contributed by atoms with E-state index in [-0.39, 0.29) is 0 Å². The second kappa shape index (κ2) is 3.69. The zero-order valence-corrected chi connectivity index (χ0v) is 8.59. The maximum absolute atomic E-state index is 5.82. The lowest BCUT2D eigenvalue weighted by molar-refractivity contribution is 0.157. The van der Waals surface area contributed by atoms with Gasteiger partial charge in [-0.1, -0.05) is 30.7 Å². The Hall–Kier alpha value is -0.530. The van der Waals surface area contributed by atoms with Crippen LogP contribution in [-0.4, -0.2) is 24.5 Å². The minimum atomic E-state index is 0.734. The van der Waals surface area contributed by atoms with Crippen molar-refractivity contribution in [2.24, 2.45) is 0 Å². The van der Waals surface area contributed by atoms with Gasteiger partial charge in [0.2, 0.25) is 0 Å². The maximum Gasteiger partial charge on any atom is 0.0406 e. The van der Waals surface area contributed by atoms with E-state index in [0.29, 0.717) is 0 Å². The van der Waals surface area contributed by atoms with Gasteiger partial charge in [0.05, 0.1) is 0 Å². The highest BCUT2D eigenvalue weighted by Gasteiger charge is 2.25. The van der Waals surface area contributed by atoms with Gasteiger partial charge in [0.1, 0.15) is 0 Å². The predicted octanol–water partition coefficient (Wildman–Crippen LogP) is 2.76. The van der Waals surface area contributed by atoms with Gasteiger partial charge in [0.15, 0.2) is 0 Å². The first-order valence-corrected chi connectivity index (χ1v) is 5.15. The Morgan fingerprint density at radius 2 is 1.92 bits per heavy atom. The molecule has 1 nitrogen and oxygen atoms in total. The summed E-state index contributed by atoms with van der Waals surface area (Å²) in [4.78, 5) is 2.44. The molecule has 0 unspecified atom stereocenters. The van der Waals surface area contributed by atoms with E-state index in [4.69, 9.17) is 11.6 Å². The van der Waals surface area contributed by atoms with Crippen LogP contribution in [0.2, 0.25) is 5.02 Å². The quantitative estimate of drug-likeness (QED) is 0.702. The van der Waals surface area contributed by atoms with Crippen LogP contribution in [0.4, 0.5) is 0 Å². The molecule has 1 aliphatic heterocycles. The SMILES string of the molecule is CCN1CC(c2ccc(Cl)cc2)C1. The van der Waals surface area contributed by atoms with Crippen LogP contribution in [0.3, 0.4) is 0 Å². The standard InChI is InChI=1S/C11H14ClN/c1-2-13-7-10(8-13)9-3-5-11(12)6-4-9/h3-6,10H,2,7-8H2,1H3. The first-order chi connectivity index (χ1) is 6.29. The van der Waals surface area contributed by atoms with Crippen LogP contribution < -0.4 is 0 Å². The van der Waals surface area contributed by atoms with Crippen LogP contribution in [0.15, 0.2) is 24.3 Å². The Balaban J connectivity index is 1.99. The molecule has 13 heavy (non-hydrogen) atoms. The summed E-state index contributed by atoms with van der Waals surface area (Å²) in [7, 11) is 0. The van der Waals surface area contributed by atoms with Gasteiger partial charge in [0.25, 0.3) is 0 Å². The van der Waals surface area contributed by atoms with E-state index >= 15 is 0 Å². The molecule has 0 bridgehead atoms. The van der Waals surface area contributed by atoms with Gasteiger partial charge >= 0.3 is 0 Å². The van der Waals surface area contributed by atoms with Crippen LogP contribution in [0.25, 0.3) is 0 Å². The molecule has 0 amide bonds. The molecule has 1 aliphatic rings. The largest absolute Gasteiger partial charge is 0.302 e. The number of benzene rings is 1. The molecule has 1 aromatic carbocycles. The molecule has 1 saturated heterocycles. The fourth-order valence-corrected chi connectivity index (χ4v) is 1.90. The Labute approximate surface area is 84.3 Å². The number of halogens is 1. The minimum absolute atomic E-state index is 0.734. The predicted molar refractivity (Wildman–Crippen MR) is 56.3 cm³/mol. The molecule has 1 heterocycles. The Morgan fingerprint density at radius 1 is 1.31 bits per heavy atom. The molecular formula is C11H14ClN. The number of nitrogens with zero attached hydrogens (tertiary/aromatic N) is 1. The van der Waals surface area contributed by atoms with E-state index in [1.165, 1.54) is 25.2 Å². The molecule has 2 heteroatoms. The lowest BCUT2D eigenvalue weighted by Crippen LogP contribution is -2.44. The van der Waals surface area contributed by atoms with Gasteiger partial charge in [-0.25, -0.2) is 0 Å². The summed E-state index contributed by atoms with van der Waals surface area (Å²) in [5, 5.41) is 0.829. The van der Waals surface area contributed by atoms with E-state index in [1.807, 2.05) is 12.1 Å². The van der Waals surface area contributed by atoms with Gasteiger partial charge in [-0.05, 0) is 24.2 Å². The molecule has 0 atom stereocenters. The van der Waals surface area contributed by atoms with E-state index in [2.05, 4.69) is 24.0 Å². The second-order valence-electron chi connectivity index (χ2n) is 3.60. The van der Waals surface area contributed by atoms with Gasteiger partial charge in [-0.2, -0.15) is 0 Å². The van der Waals surface area contributed by atoms with Crippen LogP contribution in [-0.2, 0) is 0 Å². The van der Waals surface area contributed by atoms with E-state index < -0.39 is 0 Å². The van der Waals surface area contributed by atoms with E-state index in [0.717, 1.165) is 10.9 Å². The molecule has 1 fully saturated rings. The van der Waals surface area contributed by atoms with Gasteiger partial charge in [-0.3, -0.25) is 0 Å². The number of likely N-dealkylation sites (tertiary alicyclic amines) is 1. The van der Waals surface area contributed by atoms with Crippen molar-refractivity contribution in [1.82, 2.24) is 4.90 Å². The Kier molecular flexibility index (Phi) is 2.56. The lowest BCUT2D eigenvalue weighted by Gasteiger charge is -2.38. The summed E-state index contributed by atoms with van der Waals surface area (Å²) in [6.07, 6.45) is 0. The zero-order chi connectivity index (χ0) is 9.26. The van der Waals surface area contributed by atoms with E-state index in [9.17, 15) is 0 Å². The molecule has 70 valence electrons. The highest BCUT2D eigenvalue weighted by Crippen LogP contribution is 2.27. The summed E-state index contributed by atoms with van der Waals surface area (Å²) in [6, 6.07) is 8.23. The fraction of sp³-hybridized carbons (Fsp3) is 0.455. The van der Waals surface area contributed by atoms with Crippen LogP contribution in [0.5, 0.6) is 0 Å². The molecule has 0 N–H and O–H groups in total. The maximum atomic E-state index is 5.82. The van der Waals surface area contributed by atoms with Crippen molar-refractivity contribution >= 4 is 11.6 Å². The number of hydrogen-bond acceptors (Lipinski definition) is 1. The average Bonchev–Trinajstić information content (AvgIpc) is 2.06. The Bertz CT molecular complexity index is 275. The number of likely N-dealkylation sites (N-methyl/N-ethyl adjacent to an activating group) is 1. The topological polar surface area (TPSA) is 3.24 Å². The first kappa shape index (κ1) is 9.04. The van der Waals surface area contributed by atoms with Crippen molar-refractivity contribution in [2.75, 3.05) is 19.6 Å². The fourth-order valence-electron chi connectivity index (χ4n) is 1.77. The van der Waals surface area contributed by atoms with Crippen molar-refractivity contribution in [2.45, 2.75) is 12.8 Å². The summed E-state index contributed by atoms with van der Waals surface area (Å²) in [5.41, 5.74) is 1.43. The third kappa shape index (κ3) is 1.87. The molecule has 0 aliphatic carbocycles. The van der Waals surface area contributed by atoms with Gasteiger partial charge in [-0.15, -0.1) is 0 Å². The smallest absolute Gasteiger partial charge is 0.0406 e. The van der Waals surface area contributed by atoms with Crippen LogP contribution >= 0.6 is 11.6 Å². The summed E-state index contributed by atoms with van der Waals surface area (Å²) >= 11 is 5.82. The molecule has 1 aromatic rings. The first-order valence-electron chi connectivity index (χ1n) is 4.77. The average molecular weight is 196 g/mol. The van der Waals surface area contributed by atoms with Crippen molar-refractivity contribution in [1.29, 1.82) is 0 Å². The molecule has 0 aromatic heterocycles. The van der Waals surface area contributed by atoms with Gasteiger partial charge in [0, 0.05) is 24.0 Å². The van der Waals surface area contributed by atoms with Crippen molar-refractivity contribution in [3.8, 4) is 0 Å². The molecule has 0 saturated carbocycles. The molecule has 2 rings (SSSR count). The monoisotopic (exact) mass is 195 g/mol. The normalized spacial score (nSPS) is 18.6.